The number of rotatable bonds is 2. The zero-order valence-corrected chi connectivity index (χ0v) is 9.96. The summed E-state index contributed by atoms with van der Waals surface area (Å²) in [5.41, 5.74) is 0.759. The molecule has 0 bridgehead atoms. The van der Waals surface area contributed by atoms with Gasteiger partial charge in [-0.1, -0.05) is 15.9 Å². The number of carboxylic acids is 1. The van der Waals surface area contributed by atoms with Crippen molar-refractivity contribution in [2.45, 2.75) is 11.8 Å². The molecule has 0 aliphatic rings. The molecule has 1 aromatic rings. The molecule has 70 valence electrons. The number of hydrogen-bond acceptors (Lipinski definition) is 2. The molecular formula is C8H7Br2NO2. The van der Waals surface area contributed by atoms with Gasteiger partial charge in [-0.25, -0.2) is 9.78 Å². The van der Waals surface area contributed by atoms with Crippen molar-refractivity contribution < 1.29 is 9.90 Å². The molecule has 0 fully saturated rings. The molecule has 3 nitrogen and oxygen atoms in total. The SMILES string of the molecule is CC(Br)c1cc(Br)cnc1C(=O)O. The largest absolute Gasteiger partial charge is 0.477 e. The molecule has 13 heavy (non-hydrogen) atoms. The Bertz CT molecular complexity index is 339. The lowest BCUT2D eigenvalue weighted by Crippen LogP contribution is -2.05. The highest BCUT2D eigenvalue weighted by Crippen LogP contribution is 2.26. The van der Waals surface area contributed by atoms with Gasteiger partial charge in [0.1, 0.15) is 0 Å². The first kappa shape index (κ1) is 10.7. The molecule has 0 amide bonds. The molecule has 1 N–H and O–H groups in total. The molecule has 0 aliphatic carbocycles. The summed E-state index contributed by atoms with van der Waals surface area (Å²) in [7, 11) is 0. The summed E-state index contributed by atoms with van der Waals surface area (Å²) < 4.78 is 0.777. The Morgan fingerprint density at radius 3 is 2.77 bits per heavy atom. The number of nitrogens with zero attached hydrogens (tertiary/aromatic N) is 1. The average Bonchev–Trinajstić information content (AvgIpc) is 2.03. The van der Waals surface area contributed by atoms with E-state index in [9.17, 15) is 4.79 Å². The monoisotopic (exact) mass is 307 g/mol. The van der Waals surface area contributed by atoms with Crippen molar-refractivity contribution in [2.75, 3.05) is 0 Å². The highest BCUT2D eigenvalue weighted by Gasteiger charge is 2.15. The van der Waals surface area contributed by atoms with Gasteiger partial charge in [-0.3, -0.25) is 0 Å². The number of hydrogen-bond donors (Lipinski definition) is 1. The van der Waals surface area contributed by atoms with E-state index in [1.165, 1.54) is 6.20 Å². The summed E-state index contributed by atoms with van der Waals surface area (Å²) in [6.07, 6.45) is 1.47. The summed E-state index contributed by atoms with van der Waals surface area (Å²) >= 11 is 6.55. The maximum Gasteiger partial charge on any atom is 0.354 e. The molecule has 1 unspecified atom stereocenters. The predicted octanol–water partition coefficient (Wildman–Crippen LogP) is 3.00. The average molecular weight is 309 g/mol. The lowest BCUT2D eigenvalue weighted by atomic mass is 10.1. The second kappa shape index (κ2) is 4.19. The van der Waals surface area contributed by atoms with Crippen molar-refractivity contribution in [1.29, 1.82) is 0 Å². The van der Waals surface area contributed by atoms with Crippen molar-refractivity contribution in [2.24, 2.45) is 0 Å². The Labute approximate surface area is 92.4 Å². The molecule has 1 aromatic heterocycles. The van der Waals surface area contributed by atoms with Gasteiger partial charge in [0, 0.05) is 15.5 Å². The van der Waals surface area contributed by atoms with Crippen LogP contribution in [-0.2, 0) is 0 Å². The van der Waals surface area contributed by atoms with Gasteiger partial charge in [0.15, 0.2) is 5.69 Å². The highest BCUT2D eigenvalue weighted by atomic mass is 79.9. The van der Waals surface area contributed by atoms with E-state index in [1.807, 2.05) is 6.92 Å². The number of carboxylic acid groups (broad SMARTS) is 1. The van der Waals surface area contributed by atoms with Crippen LogP contribution in [0.3, 0.4) is 0 Å². The second-order valence-corrected chi connectivity index (χ2v) is 4.80. The fourth-order valence-electron chi connectivity index (χ4n) is 0.937. The fourth-order valence-corrected chi connectivity index (χ4v) is 1.63. The maximum absolute atomic E-state index is 10.7. The van der Waals surface area contributed by atoms with E-state index < -0.39 is 5.97 Å². The first-order valence-corrected chi connectivity index (χ1v) is 5.26. The van der Waals surface area contributed by atoms with Crippen LogP contribution in [0, 0.1) is 0 Å². The minimum absolute atomic E-state index is 0.0244. The van der Waals surface area contributed by atoms with Gasteiger partial charge in [0.25, 0.3) is 0 Å². The molecule has 0 saturated carbocycles. The number of pyridine rings is 1. The van der Waals surface area contributed by atoms with Crippen LogP contribution in [0.1, 0.15) is 27.8 Å². The Hall–Kier alpha value is -0.420. The number of carbonyl (C=O) groups is 1. The van der Waals surface area contributed by atoms with Gasteiger partial charge in [-0.05, 0) is 34.5 Å². The van der Waals surface area contributed by atoms with Crippen molar-refractivity contribution in [3.63, 3.8) is 0 Å². The van der Waals surface area contributed by atoms with Gasteiger partial charge >= 0.3 is 5.97 Å². The molecular weight excluding hydrogens is 302 g/mol. The summed E-state index contributed by atoms with van der Waals surface area (Å²) in [6.45, 7) is 1.86. The third-order valence-electron chi connectivity index (χ3n) is 1.51. The minimum Gasteiger partial charge on any atom is -0.477 e. The van der Waals surface area contributed by atoms with Crippen molar-refractivity contribution >= 4 is 37.8 Å². The lowest BCUT2D eigenvalue weighted by molar-refractivity contribution is 0.0689. The topological polar surface area (TPSA) is 50.2 Å². The van der Waals surface area contributed by atoms with Crippen LogP contribution in [0.4, 0.5) is 0 Å². The van der Waals surface area contributed by atoms with E-state index in [2.05, 4.69) is 36.8 Å². The molecule has 1 heterocycles. The zero-order valence-electron chi connectivity index (χ0n) is 6.79. The number of aromatic carboxylic acids is 1. The van der Waals surface area contributed by atoms with Crippen LogP contribution in [0.2, 0.25) is 0 Å². The number of alkyl halides is 1. The summed E-state index contributed by atoms with van der Waals surface area (Å²) in [4.78, 5) is 14.5. The lowest BCUT2D eigenvalue weighted by Gasteiger charge is -2.07. The summed E-state index contributed by atoms with van der Waals surface area (Å²) in [6, 6.07) is 1.75. The quantitative estimate of drug-likeness (QED) is 0.855. The molecule has 5 heteroatoms. The van der Waals surface area contributed by atoms with E-state index in [1.54, 1.807) is 6.07 Å². The van der Waals surface area contributed by atoms with Crippen LogP contribution in [0.5, 0.6) is 0 Å². The smallest absolute Gasteiger partial charge is 0.354 e. The zero-order chi connectivity index (χ0) is 10.0. The van der Waals surface area contributed by atoms with E-state index >= 15 is 0 Å². The van der Waals surface area contributed by atoms with Crippen molar-refractivity contribution in [1.82, 2.24) is 4.98 Å². The van der Waals surface area contributed by atoms with Crippen LogP contribution in [0.25, 0.3) is 0 Å². The molecule has 0 spiro atoms. The van der Waals surface area contributed by atoms with E-state index in [-0.39, 0.29) is 10.5 Å². The molecule has 0 aliphatic heterocycles. The van der Waals surface area contributed by atoms with Crippen LogP contribution >= 0.6 is 31.9 Å². The van der Waals surface area contributed by atoms with Crippen LogP contribution in [-0.4, -0.2) is 16.1 Å². The van der Waals surface area contributed by atoms with Crippen LogP contribution in [0.15, 0.2) is 16.7 Å². The maximum atomic E-state index is 10.7. The van der Waals surface area contributed by atoms with Gasteiger partial charge in [-0.15, -0.1) is 0 Å². The van der Waals surface area contributed by atoms with E-state index in [4.69, 9.17) is 5.11 Å². The molecule has 0 radical (unpaired) electrons. The van der Waals surface area contributed by atoms with Gasteiger partial charge in [0.2, 0.25) is 0 Å². The molecule has 0 saturated heterocycles. The first-order valence-electron chi connectivity index (χ1n) is 3.55. The molecule has 0 aromatic carbocycles. The normalized spacial score (nSPS) is 12.5. The highest BCUT2D eigenvalue weighted by molar-refractivity contribution is 9.10. The van der Waals surface area contributed by atoms with E-state index in [0.29, 0.717) is 5.56 Å². The van der Waals surface area contributed by atoms with Gasteiger partial charge < -0.3 is 5.11 Å². The first-order chi connectivity index (χ1) is 6.02. The number of halogens is 2. The Morgan fingerprint density at radius 2 is 2.31 bits per heavy atom. The van der Waals surface area contributed by atoms with E-state index in [0.717, 1.165) is 4.47 Å². The minimum atomic E-state index is -1.01. The van der Waals surface area contributed by atoms with Gasteiger partial charge in [0.05, 0.1) is 0 Å². The standard InChI is InChI=1S/C8H7Br2NO2/c1-4(9)6-2-5(10)3-11-7(6)8(12)13/h2-4H,1H3,(H,12,13). The van der Waals surface area contributed by atoms with Gasteiger partial charge in [-0.2, -0.15) is 0 Å². The van der Waals surface area contributed by atoms with Crippen molar-refractivity contribution in [3.05, 3.63) is 28.0 Å². The Balaban J connectivity index is 3.26. The van der Waals surface area contributed by atoms with Crippen LogP contribution < -0.4 is 0 Å². The number of aromatic nitrogens is 1. The molecule has 1 atom stereocenters. The molecule has 1 rings (SSSR count). The van der Waals surface area contributed by atoms with Crippen molar-refractivity contribution in [3.8, 4) is 0 Å². The third-order valence-corrected chi connectivity index (χ3v) is 2.44. The summed E-state index contributed by atoms with van der Waals surface area (Å²) in [5.74, 6) is -1.01. The third kappa shape index (κ3) is 2.51. The summed E-state index contributed by atoms with van der Waals surface area (Å²) in [5, 5.41) is 8.81. The fraction of sp³-hybridized carbons (Fsp3) is 0.250. The Morgan fingerprint density at radius 1 is 1.69 bits per heavy atom. The second-order valence-electron chi connectivity index (χ2n) is 2.51. The Kier molecular flexibility index (Phi) is 3.44. The predicted molar refractivity (Wildman–Crippen MR) is 56.2 cm³/mol.